The third-order valence-electron chi connectivity index (χ3n) is 5.10. The molecule has 0 aliphatic carbocycles. The average molecular weight is 439 g/mol. The monoisotopic (exact) mass is 439 g/mol. The fourth-order valence-corrected chi connectivity index (χ4v) is 3.84. The molecule has 10 heteroatoms. The first-order valence-corrected chi connectivity index (χ1v) is 10.3. The van der Waals surface area contributed by atoms with Crippen molar-refractivity contribution in [3.8, 4) is 5.82 Å². The van der Waals surface area contributed by atoms with Gasteiger partial charge in [-0.25, -0.2) is 9.67 Å². The smallest absolute Gasteiger partial charge is 0.373 e. The van der Waals surface area contributed by atoms with E-state index in [1.54, 1.807) is 0 Å². The zero-order valence-electron chi connectivity index (χ0n) is 18.1. The number of ether oxygens (including phenoxy) is 1. The summed E-state index contributed by atoms with van der Waals surface area (Å²) in [7, 11) is 0. The van der Waals surface area contributed by atoms with Gasteiger partial charge in [-0.3, -0.25) is 9.69 Å². The number of nitrogens with one attached hydrogen (secondary N) is 1. The first kappa shape index (κ1) is 23.2. The van der Waals surface area contributed by atoms with E-state index in [9.17, 15) is 18.0 Å². The Bertz CT molecular complexity index is 885. The minimum atomic E-state index is -4.46. The largest absolute Gasteiger partial charge is 0.417 e. The Morgan fingerprint density at radius 1 is 1.23 bits per heavy atom. The fourth-order valence-electron chi connectivity index (χ4n) is 3.84. The van der Waals surface area contributed by atoms with Crippen LogP contribution in [-0.2, 0) is 10.9 Å². The average Bonchev–Trinajstić information content (AvgIpc) is 3.12. The summed E-state index contributed by atoms with van der Waals surface area (Å²) in [6.45, 7) is 10.6. The van der Waals surface area contributed by atoms with Crippen LogP contribution in [-0.4, -0.2) is 64.0 Å². The van der Waals surface area contributed by atoms with E-state index in [4.69, 9.17) is 4.74 Å². The van der Waals surface area contributed by atoms with E-state index in [0.29, 0.717) is 24.3 Å². The van der Waals surface area contributed by atoms with Crippen LogP contribution in [0.15, 0.2) is 24.5 Å². The van der Waals surface area contributed by atoms with Crippen molar-refractivity contribution in [2.24, 2.45) is 0 Å². The minimum absolute atomic E-state index is 0.0896. The van der Waals surface area contributed by atoms with Gasteiger partial charge in [-0.2, -0.15) is 18.3 Å². The number of morpholine rings is 1. The summed E-state index contributed by atoms with van der Waals surface area (Å²) in [4.78, 5) is 18.9. The molecule has 7 nitrogen and oxygen atoms in total. The van der Waals surface area contributed by atoms with Gasteiger partial charge in [0, 0.05) is 32.4 Å². The van der Waals surface area contributed by atoms with Crippen LogP contribution < -0.4 is 5.32 Å². The van der Waals surface area contributed by atoms with Gasteiger partial charge in [-0.1, -0.05) is 13.8 Å². The highest BCUT2D eigenvalue weighted by Crippen LogP contribution is 2.29. The Balaban J connectivity index is 1.70. The van der Waals surface area contributed by atoms with Crippen LogP contribution in [0.1, 0.15) is 55.2 Å². The standard InChI is InChI=1S/C21H28F3N5O2/c1-13(2)19-17(20(30)25-7-8-28-11-14(3)31-15(4)12-28)10-27-29(19)18-6-5-16(9-26-18)21(22,23)24/h5-6,9-10,13-15H,7-8,11-12H2,1-4H3,(H,25,30). The molecule has 1 aliphatic rings. The third kappa shape index (κ3) is 5.62. The van der Waals surface area contributed by atoms with E-state index < -0.39 is 11.7 Å². The van der Waals surface area contributed by atoms with Crippen molar-refractivity contribution in [1.82, 2.24) is 25.0 Å². The molecule has 0 bridgehead atoms. The van der Waals surface area contributed by atoms with Crippen molar-refractivity contribution in [2.75, 3.05) is 26.2 Å². The van der Waals surface area contributed by atoms with Gasteiger partial charge >= 0.3 is 6.18 Å². The molecule has 3 rings (SSSR count). The maximum absolute atomic E-state index is 12.8. The SMILES string of the molecule is CC1CN(CCNC(=O)c2cnn(-c3ccc(C(F)(F)F)cn3)c2C(C)C)CC(C)O1. The molecule has 2 unspecified atom stereocenters. The molecule has 1 fully saturated rings. The van der Waals surface area contributed by atoms with Gasteiger partial charge in [-0.15, -0.1) is 0 Å². The topological polar surface area (TPSA) is 72.3 Å². The first-order chi connectivity index (χ1) is 14.6. The number of alkyl halides is 3. The summed E-state index contributed by atoms with van der Waals surface area (Å²) in [5.41, 5.74) is 0.151. The van der Waals surface area contributed by atoms with E-state index in [1.807, 2.05) is 27.7 Å². The molecule has 2 aromatic heterocycles. The van der Waals surface area contributed by atoms with E-state index in [0.717, 1.165) is 25.4 Å². The van der Waals surface area contributed by atoms with Crippen molar-refractivity contribution in [3.05, 3.63) is 41.3 Å². The Labute approximate surface area is 179 Å². The Kier molecular flexibility index (Phi) is 7.00. The van der Waals surface area contributed by atoms with Gasteiger partial charge < -0.3 is 10.1 Å². The number of hydrogen-bond acceptors (Lipinski definition) is 5. The molecule has 0 radical (unpaired) electrons. The molecular formula is C21H28F3N5O2. The van der Waals surface area contributed by atoms with Crippen LogP contribution in [0.4, 0.5) is 13.2 Å². The number of aromatic nitrogens is 3. The fraction of sp³-hybridized carbons (Fsp3) is 0.571. The summed E-state index contributed by atoms with van der Waals surface area (Å²) >= 11 is 0. The number of carbonyl (C=O) groups excluding carboxylic acids is 1. The van der Waals surface area contributed by atoms with Crippen LogP contribution in [0.5, 0.6) is 0 Å². The lowest BCUT2D eigenvalue weighted by atomic mass is 10.1. The van der Waals surface area contributed by atoms with E-state index in [-0.39, 0.29) is 29.9 Å². The van der Waals surface area contributed by atoms with Crippen LogP contribution in [0.3, 0.4) is 0 Å². The zero-order chi connectivity index (χ0) is 22.8. The van der Waals surface area contributed by atoms with E-state index >= 15 is 0 Å². The second kappa shape index (κ2) is 9.35. The normalized spacial score (nSPS) is 20.3. The van der Waals surface area contributed by atoms with E-state index in [2.05, 4.69) is 20.3 Å². The molecule has 2 aromatic rings. The highest BCUT2D eigenvalue weighted by atomic mass is 19.4. The van der Waals surface area contributed by atoms with Crippen LogP contribution in [0.2, 0.25) is 0 Å². The lowest BCUT2D eigenvalue weighted by molar-refractivity contribution is -0.137. The molecule has 1 amide bonds. The van der Waals surface area contributed by atoms with Crippen molar-refractivity contribution in [1.29, 1.82) is 0 Å². The van der Waals surface area contributed by atoms with Crippen molar-refractivity contribution >= 4 is 5.91 Å². The minimum Gasteiger partial charge on any atom is -0.373 e. The van der Waals surface area contributed by atoms with Crippen molar-refractivity contribution in [2.45, 2.75) is 52.0 Å². The van der Waals surface area contributed by atoms with Crippen molar-refractivity contribution < 1.29 is 22.7 Å². The number of nitrogens with zero attached hydrogens (tertiary/aromatic N) is 4. The highest BCUT2D eigenvalue weighted by molar-refractivity contribution is 5.95. The van der Waals surface area contributed by atoms with Gasteiger partial charge in [0.25, 0.3) is 5.91 Å². The van der Waals surface area contributed by atoms with Gasteiger partial charge in [0.1, 0.15) is 0 Å². The van der Waals surface area contributed by atoms with Gasteiger partial charge in [-0.05, 0) is 31.9 Å². The summed E-state index contributed by atoms with van der Waals surface area (Å²) in [6, 6.07) is 2.21. The first-order valence-electron chi connectivity index (χ1n) is 10.3. The molecule has 0 aromatic carbocycles. The molecule has 2 atom stereocenters. The number of amides is 1. The van der Waals surface area contributed by atoms with Crippen LogP contribution >= 0.6 is 0 Å². The Morgan fingerprint density at radius 3 is 2.45 bits per heavy atom. The van der Waals surface area contributed by atoms with Crippen LogP contribution in [0, 0.1) is 0 Å². The molecule has 1 N–H and O–H groups in total. The van der Waals surface area contributed by atoms with Crippen LogP contribution in [0.25, 0.3) is 5.82 Å². The zero-order valence-corrected chi connectivity index (χ0v) is 18.1. The Morgan fingerprint density at radius 2 is 1.90 bits per heavy atom. The second-order valence-electron chi connectivity index (χ2n) is 8.19. The number of pyridine rings is 1. The molecule has 3 heterocycles. The number of carbonyl (C=O) groups is 1. The van der Waals surface area contributed by atoms with Crippen molar-refractivity contribution in [3.63, 3.8) is 0 Å². The molecule has 170 valence electrons. The summed E-state index contributed by atoms with van der Waals surface area (Å²) in [5.74, 6) is -0.128. The van der Waals surface area contributed by atoms with Gasteiger partial charge in [0.2, 0.25) is 0 Å². The maximum Gasteiger partial charge on any atom is 0.417 e. The number of halogens is 3. The van der Waals surface area contributed by atoms with Gasteiger partial charge in [0.05, 0.1) is 35.2 Å². The predicted molar refractivity (Wildman–Crippen MR) is 109 cm³/mol. The lowest BCUT2D eigenvalue weighted by Crippen LogP contribution is -2.47. The second-order valence-corrected chi connectivity index (χ2v) is 8.19. The molecule has 0 spiro atoms. The molecule has 31 heavy (non-hydrogen) atoms. The quantitative estimate of drug-likeness (QED) is 0.748. The third-order valence-corrected chi connectivity index (χ3v) is 5.10. The number of hydrogen-bond donors (Lipinski definition) is 1. The molecule has 0 saturated carbocycles. The summed E-state index contributed by atoms with van der Waals surface area (Å²) < 4.78 is 45.6. The number of rotatable bonds is 6. The van der Waals surface area contributed by atoms with Gasteiger partial charge in [0.15, 0.2) is 5.82 Å². The Hall–Kier alpha value is -2.46. The van der Waals surface area contributed by atoms with E-state index in [1.165, 1.54) is 16.9 Å². The predicted octanol–water partition coefficient (Wildman–Crippen LogP) is 3.25. The molecular weight excluding hydrogens is 411 g/mol. The summed E-state index contributed by atoms with van der Waals surface area (Å²) in [6.07, 6.45) is -1.95. The lowest BCUT2D eigenvalue weighted by Gasteiger charge is -2.35. The summed E-state index contributed by atoms with van der Waals surface area (Å²) in [5, 5.41) is 7.14. The maximum atomic E-state index is 12.8. The molecule has 1 aliphatic heterocycles. The highest BCUT2D eigenvalue weighted by Gasteiger charge is 2.31. The molecule has 1 saturated heterocycles.